The van der Waals surface area contributed by atoms with Crippen LogP contribution in [0, 0.1) is 6.92 Å². The number of hydrogen-bond donors (Lipinski definition) is 2. The molecule has 2 N–H and O–H groups in total. The Morgan fingerprint density at radius 1 is 0.958 bits per heavy atom. The van der Waals surface area contributed by atoms with Crippen LogP contribution in [0.5, 0.6) is 0 Å². The number of amides is 1. The van der Waals surface area contributed by atoms with Crippen molar-refractivity contribution < 1.29 is 4.79 Å². The zero-order chi connectivity index (χ0) is 16.8. The van der Waals surface area contributed by atoms with Gasteiger partial charge in [0, 0.05) is 12.2 Å². The number of aromatic nitrogens is 1. The molecule has 0 unspecified atom stereocenters. The molecule has 0 aliphatic rings. The monoisotopic (exact) mass is 317 g/mol. The SMILES string of the molecule is Cc1cccc(CNc2ccc(C(=O)Nc3ccccc3)nc2)c1. The highest BCUT2D eigenvalue weighted by molar-refractivity contribution is 6.02. The number of nitrogens with zero attached hydrogens (tertiary/aromatic N) is 1. The fourth-order valence-corrected chi connectivity index (χ4v) is 2.38. The first-order chi connectivity index (χ1) is 11.7. The summed E-state index contributed by atoms with van der Waals surface area (Å²) >= 11 is 0. The number of carbonyl (C=O) groups excluding carboxylic acids is 1. The van der Waals surface area contributed by atoms with E-state index in [9.17, 15) is 4.79 Å². The van der Waals surface area contributed by atoms with Gasteiger partial charge in [0.1, 0.15) is 5.69 Å². The molecule has 0 bridgehead atoms. The topological polar surface area (TPSA) is 54.0 Å². The maximum atomic E-state index is 12.1. The summed E-state index contributed by atoms with van der Waals surface area (Å²) in [5, 5.41) is 6.13. The molecule has 2 aromatic carbocycles. The molecule has 24 heavy (non-hydrogen) atoms. The Hall–Kier alpha value is -3.14. The number of hydrogen-bond acceptors (Lipinski definition) is 3. The molecule has 3 aromatic rings. The van der Waals surface area contributed by atoms with Gasteiger partial charge in [-0.3, -0.25) is 4.79 Å². The van der Waals surface area contributed by atoms with Crippen molar-refractivity contribution in [3.8, 4) is 0 Å². The zero-order valence-corrected chi connectivity index (χ0v) is 13.5. The van der Waals surface area contributed by atoms with Crippen LogP contribution in [-0.2, 0) is 6.54 Å². The van der Waals surface area contributed by atoms with Crippen LogP contribution < -0.4 is 10.6 Å². The number of benzene rings is 2. The number of anilines is 2. The highest BCUT2D eigenvalue weighted by Crippen LogP contribution is 2.12. The van der Waals surface area contributed by atoms with Crippen molar-refractivity contribution in [1.82, 2.24) is 4.98 Å². The van der Waals surface area contributed by atoms with Gasteiger partial charge < -0.3 is 10.6 Å². The van der Waals surface area contributed by atoms with Gasteiger partial charge in [-0.25, -0.2) is 4.98 Å². The van der Waals surface area contributed by atoms with E-state index in [2.05, 4.69) is 40.7 Å². The normalized spacial score (nSPS) is 10.2. The Morgan fingerprint density at radius 2 is 1.79 bits per heavy atom. The molecular formula is C20H19N3O. The van der Waals surface area contributed by atoms with Crippen molar-refractivity contribution in [1.29, 1.82) is 0 Å². The third-order valence-electron chi connectivity index (χ3n) is 3.61. The van der Waals surface area contributed by atoms with E-state index < -0.39 is 0 Å². The van der Waals surface area contributed by atoms with Crippen LogP contribution in [0.15, 0.2) is 72.9 Å². The van der Waals surface area contributed by atoms with E-state index in [0.29, 0.717) is 5.69 Å². The Morgan fingerprint density at radius 3 is 2.50 bits per heavy atom. The summed E-state index contributed by atoms with van der Waals surface area (Å²) in [6.45, 7) is 2.80. The first-order valence-electron chi connectivity index (χ1n) is 7.82. The number of aryl methyl sites for hydroxylation is 1. The molecule has 0 spiro atoms. The Bertz CT molecular complexity index is 814. The largest absolute Gasteiger partial charge is 0.380 e. The molecule has 3 rings (SSSR count). The van der Waals surface area contributed by atoms with Gasteiger partial charge in [-0.15, -0.1) is 0 Å². The quantitative estimate of drug-likeness (QED) is 0.739. The summed E-state index contributed by atoms with van der Waals surface area (Å²) in [6, 6.07) is 21.3. The van der Waals surface area contributed by atoms with E-state index in [1.54, 1.807) is 12.3 Å². The minimum Gasteiger partial charge on any atom is -0.380 e. The summed E-state index contributed by atoms with van der Waals surface area (Å²) in [5.41, 5.74) is 4.47. The predicted octanol–water partition coefficient (Wildman–Crippen LogP) is 4.25. The molecule has 1 aromatic heterocycles. The van der Waals surface area contributed by atoms with Gasteiger partial charge in [-0.2, -0.15) is 0 Å². The van der Waals surface area contributed by atoms with Crippen LogP contribution in [0.3, 0.4) is 0 Å². The number of pyridine rings is 1. The first-order valence-corrected chi connectivity index (χ1v) is 7.82. The van der Waals surface area contributed by atoms with Gasteiger partial charge in [-0.05, 0) is 36.8 Å². The van der Waals surface area contributed by atoms with Gasteiger partial charge in [-0.1, -0.05) is 48.0 Å². The first kappa shape index (κ1) is 15.7. The van der Waals surface area contributed by atoms with Gasteiger partial charge in [0.15, 0.2) is 0 Å². The van der Waals surface area contributed by atoms with Gasteiger partial charge in [0.25, 0.3) is 5.91 Å². The maximum Gasteiger partial charge on any atom is 0.274 e. The Balaban J connectivity index is 1.59. The van der Waals surface area contributed by atoms with E-state index in [-0.39, 0.29) is 5.91 Å². The minimum atomic E-state index is -0.216. The van der Waals surface area contributed by atoms with Crippen LogP contribution >= 0.6 is 0 Å². The van der Waals surface area contributed by atoms with E-state index in [4.69, 9.17) is 0 Å². The average molecular weight is 317 g/mol. The fourth-order valence-electron chi connectivity index (χ4n) is 2.38. The van der Waals surface area contributed by atoms with Crippen molar-refractivity contribution in [3.05, 3.63) is 89.7 Å². The molecule has 0 aliphatic heterocycles. The van der Waals surface area contributed by atoms with Gasteiger partial charge >= 0.3 is 0 Å². The van der Waals surface area contributed by atoms with Crippen molar-refractivity contribution in [3.63, 3.8) is 0 Å². The number of nitrogens with one attached hydrogen (secondary N) is 2. The molecule has 0 radical (unpaired) electrons. The molecule has 0 saturated carbocycles. The summed E-state index contributed by atoms with van der Waals surface area (Å²) in [7, 11) is 0. The van der Waals surface area contributed by atoms with Crippen LogP contribution in [-0.4, -0.2) is 10.9 Å². The zero-order valence-electron chi connectivity index (χ0n) is 13.5. The highest BCUT2D eigenvalue weighted by atomic mass is 16.1. The number of carbonyl (C=O) groups is 1. The second kappa shape index (κ2) is 7.42. The van der Waals surface area contributed by atoms with Crippen LogP contribution in [0.2, 0.25) is 0 Å². The van der Waals surface area contributed by atoms with Gasteiger partial charge in [0.2, 0.25) is 0 Å². The molecule has 1 amide bonds. The average Bonchev–Trinajstić information content (AvgIpc) is 2.61. The van der Waals surface area contributed by atoms with E-state index in [1.165, 1.54) is 11.1 Å². The van der Waals surface area contributed by atoms with E-state index >= 15 is 0 Å². The third-order valence-corrected chi connectivity index (χ3v) is 3.61. The van der Waals surface area contributed by atoms with Crippen molar-refractivity contribution in [2.45, 2.75) is 13.5 Å². The fraction of sp³-hybridized carbons (Fsp3) is 0.100. The molecule has 4 nitrogen and oxygen atoms in total. The molecule has 4 heteroatoms. The van der Waals surface area contributed by atoms with E-state index in [1.807, 2.05) is 42.5 Å². The number of para-hydroxylation sites is 1. The molecule has 1 heterocycles. The van der Waals surface area contributed by atoms with Crippen LogP contribution in [0.25, 0.3) is 0 Å². The molecule has 0 saturated heterocycles. The second-order valence-corrected chi connectivity index (χ2v) is 5.59. The van der Waals surface area contributed by atoms with Crippen molar-refractivity contribution >= 4 is 17.3 Å². The van der Waals surface area contributed by atoms with Crippen molar-refractivity contribution in [2.24, 2.45) is 0 Å². The lowest BCUT2D eigenvalue weighted by atomic mass is 10.1. The molecule has 0 fully saturated rings. The Labute approximate surface area is 141 Å². The lowest BCUT2D eigenvalue weighted by Crippen LogP contribution is -2.13. The summed E-state index contributed by atoms with van der Waals surface area (Å²) in [6.07, 6.45) is 1.68. The lowest BCUT2D eigenvalue weighted by Gasteiger charge is -2.08. The smallest absolute Gasteiger partial charge is 0.274 e. The van der Waals surface area contributed by atoms with Gasteiger partial charge in [0.05, 0.1) is 11.9 Å². The predicted molar refractivity (Wildman–Crippen MR) is 97.1 cm³/mol. The molecule has 120 valence electrons. The standard InChI is InChI=1S/C20H19N3O/c1-15-6-5-7-16(12-15)13-21-18-10-11-19(22-14-18)20(24)23-17-8-3-2-4-9-17/h2-12,14,21H,13H2,1H3,(H,23,24). The molecular weight excluding hydrogens is 298 g/mol. The van der Waals surface area contributed by atoms with Crippen molar-refractivity contribution in [2.75, 3.05) is 10.6 Å². The Kier molecular flexibility index (Phi) is 4.87. The summed E-state index contributed by atoms with van der Waals surface area (Å²) < 4.78 is 0. The molecule has 0 aliphatic carbocycles. The summed E-state index contributed by atoms with van der Waals surface area (Å²) in [4.78, 5) is 16.4. The highest BCUT2D eigenvalue weighted by Gasteiger charge is 2.07. The second-order valence-electron chi connectivity index (χ2n) is 5.59. The van der Waals surface area contributed by atoms with E-state index in [0.717, 1.165) is 17.9 Å². The number of rotatable bonds is 5. The molecule has 0 atom stereocenters. The maximum absolute atomic E-state index is 12.1. The van der Waals surface area contributed by atoms with Crippen LogP contribution in [0.4, 0.5) is 11.4 Å². The third kappa shape index (κ3) is 4.20. The van der Waals surface area contributed by atoms with Crippen LogP contribution in [0.1, 0.15) is 21.6 Å². The lowest BCUT2D eigenvalue weighted by molar-refractivity contribution is 0.102. The summed E-state index contributed by atoms with van der Waals surface area (Å²) in [5.74, 6) is -0.216. The minimum absolute atomic E-state index is 0.216.